The molecule has 0 aliphatic rings. The van der Waals surface area contributed by atoms with Crippen molar-refractivity contribution in [2.45, 2.75) is 4.90 Å². The topological polar surface area (TPSA) is 58.2 Å². The molecule has 0 fully saturated rings. The van der Waals surface area contributed by atoms with E-state index in [9.17, 15) is 14.0 Å². The van der Waals surface area contributed by atoms with Crippen LogP contribution in [0.1, 0.15) is 0 Å². The van der Waals surface area contributed by atoms with Gasteiger partial charge in [-0.2, -0.15) is 0 Å². The minimum atomic E-state index is -0.589. The zero-order chi connectivity index (χ0) is 13.4. The van der Waals surface area contributed by atoms with Crippen molar-refractivity contribution in [1.82, 2.24) is 10.6 Å². The lowest BCUT2D eigenvalue weighted by atomic mass is 10.3. The molecule has 0 aliphatic carbocycles. The summed E-state index contributed by atoms with van der Waals surface area (Å²) in [5.74, 6) is -0.890. The van der Waals surface area contributed by atoms with Crippen LogP contribution in [0.25, 0.3) is 0 Å². The van der Waals surface area contributed by atoms with Gasteiger partial charge in [0.15, 0.2) is 0 Å². The highest BCUT2D eigenvalue weighted by atomic mass is 32.2. The lowest BCUT2D eigenvalue weighted by molar-refractivity contribution is -0.117. The van der Waals surface area contributed by atoms with Gasteiger partial charge in [-0.15, -0.1) is 18.3 Å². The van der Waals surface area contributed by atoms with Gasteiger partial charge in [0.1, 0.15) is 5.82 Å². The van der Waals surface area contributed by atoms with Crippen molar-refractivity contribution < 1.29 is 14.0 Å². The van der Waals surface area contributed by atoms with E-state index in [1.165, 1.54) is 12.1 Å². The molecule has 1 aromatic rings. The average Bonchev–Trinajstić information content (AvgIpc) is 2.35. The van der Waals surface area contributed by atoms with Crippen LogP contribution in [0.15, 0.2) is 41.8 Å². The first kappa shape index (κ1) is 14.2. The number of hydrogen-bond acceptors (Lipinski definition) is 3. The lowest BCUT2D eigenvalue weighted by Gasteiger charge is -2.05. The molecule has 0 radical (unpaired) electrons. The van der Waals surface area contributed by atoms with E-state index in [1.807, 2.05) is 0 Å². The number of urea groups is 1. The van der Waals surface area contributed by atoms with Crippen molar-refractivity contribution in [2.75, 3.05) is 12.3 Å². The predicted octanol–water partition coefficient (Wildman–Crippen LogP) is 1.93. The van der Waals surface area contributed by atoms with E-state index in [0.717, 1.165) is 11.8 Å². The number of halogens is 1. The Kier molecular flexibility index (Phi) is 5.93. The van der Waals surface area contributed by atoms with E-state index in [4.69, 9.17) is 0 Å². The first-order valence-corrected chi connectivity index (χ1v) is 6.18. The standard InChI is InChI=1S/C12H13FN2O2S/c1-2-7-14-12(17)15-11(16)8-18-10-6-4-3-5-9(10)13/h2-6H,1,7-8H2,(H2,14,15,16,17). The molecule has 96 valence electrons. The number of imide groups is 1. The van der Waals surface area contributed by atoms with Crippen molar-refractivity contribution in [3.8, 4) is 0 Å². The Hall–Kier alpha value is -1.82. The van der Waals surface area contributed by atoms with Crippen molar-refractivity contribution in [1.29, 1.82) is 0 Å². The van der Waals surface area contributed by atoms with Gasteiger partial charge in [-0.25, -0.2) is 9.18 Å². The summed E-state index contributed by atoms with van der Waals surface area (Å²) < 4.78 is 13.2. The summed E-state index contributed by atoms with van der Waals surface area (Å²) in [5.41, 5.74) is 0. The van der Waals surface area contributed by atoms with Crippen molar-refractivity contribution in [2.24, 2.45) is 0 Å². The Morgan fingerprint density at radius 3 is 2.78 bits per heavy atom. The number of benzene rings is 1. The second kappa shape index (κ2) is 7.50. The Morgan fingerprint density at radius 2 is 2.11 bits per heavy atom. The number of nitrogens with one attached hydrogen (secondary N) is 2. The van der Waals surface area contributed by atoms with Gasteiger partial charge in [-0.3, -0.25) is 10.1 Å². The van der Waals surface area contributed by atoms with Crippen LogP contribution in [0, 0.1) is 5.82 Å². The van der Waals surface area contributed by atoms with Gasteiger partial charge in [-0.1, -0.05) is 18.2 Å². The molecule has 4 nitrogen and oxygen atoms in total. The molecule has 0 saturated heterocycles. The summed E-state index contributed by atoms with van der Waals surface area (Å²) >= 11 is 1.03. The van der Waals surface area contributed by atoms with Gasteiger partial charge in [0, 0.05) is 11.4 Å². The van der Waals surface area contributed by atoms with Crippen LogP contribution in [-0.2, 0) is 4.79 Å². The van der Waals surface area contributed by atoms with Crippen LogP contribution in [0.5, 0.6) is 0 Å². The average molecular weight is 268 g/mol. The molecule has 0 bridgehead atoms. The molecular weight excluding hydrogens is 255 g/mol. The molecule has 0 spiro atoms. The van der Waals surface area contributed by atoms with Gasteiger partial charge >= 0.3 is 6.03 Å². The Morgan fingerprint density at radius 1 is 1.39 bits per heavy atom. The maximum Gasteiger partial charge on any atom is 0.321 e. The van der Waals surface area contributed by atoms with Crippen LogP contribution in [0.4, 0.5) is 9.18 Å². The molecule has 3 amide bonds. The predicted molar refractivity (Wildman–Crippen MR) is 68.9 cm³/mol. The Bertz CT molecular complexity index is 451. The molecule has 1 rings (SSSR count). The molecule has 2 N–H and O–H groups in total. The zero-order valence-electron chi connectivity index (χ0n) is 9.61. The van der Waals surface area contributed by atoms with E-state index in [1.54, 1.807) is 18.2 Å². The number of carbonyl (C=O) groups is 2. The molecule has 6 heteroatoms. The smallest absolute Gasteiger partial charge is 0.321 e. The molecule has 0 saturated carbocycles. The summed E-state index contributed by atoms with van der Waals surface area (Å²) in [4.78, 5) is 22.9. The molecule has 0 atom stereocenters. The van der Waals surface area contributed by atoms with Gasteiger partial charge in [0.2, 0.25) is 5.91 Å². The Labute approximate surface area is 109 Å². The monoisotopic (exact) mass is 268 g/mol. The lowest BCUT2D eigenvalue weighted by Crippen LogP contribution is -2.40. The summed E-state index contributed by atoms with van der Waals surface area (Å²) in [5, 5.41) is 4.52. The molecule has 0 heterocycles. The normalized spacial score (nSPS) is 9.61. The number of hydrogen-bond donors (Lipinski definition) is 2. The fourth-order valence-corrected chi connectivity index (χ4v) is 1.82. The minimum Gasteiger partial charge on any atom is -0.334 e. The minimum absolute atomic E-state index is 0.0254. The van der Waals surface area contributed by atoms with Crippen LogP contribution < -0.4 is 10.6 Å². The highest BCUT2D eigenvalue weighted by molar-refractivity contribution is 8.00. The van der Waals surface area contributed by atoms with Crippen molar-refractivity contribution in [3.05, 3.63) is 42.7 Å². The van der Waals surface area contributed by atoms with E-state index in [-0.39, 0.29) is 18.1 Å². The molecular formula is C12H13FN2O2S. The summed E-state index contributed by atoms with van der Waals surface area (Å²) in [6.45, 7) is 3.70. The number of rotatable bonds is 5. The quantitative estimate of drug-likeness (QED) is 0.633. The molecule has 0 unspecified atom stereocenters. The zero-order valence-corrected chi connectivity index (χ0v) is 10.4. The second-order valence-electron chi connectivity index (χ2n) is 3.27. The highest BCUT2D eigenvalue weighted by Gasteiger charge is 2.08. The fraction of sp³-hybridized carbons (Fsp3) is 0.167. The first-order valence-electron chi connectivity index (χ1n) is 5.19. The van der Waals surface area contributed by atoms with Gasteiger partial charge in [-0.05, 0) is 12.1 Å². The van der Waals surface area contributed by atoms with Crippen LogP contribution >= 0.6 is 11.8 Å². The van der Waals surface area contributed by atoms with E-state index in [0.29, 0.717) is 4.90 Å². The van der Waals surface area contributed by atoms with Crippen LogP contribution in [-0.4, -0.2) is 24.2 Å². The van der Waals surface area contributed by atoms with E-state index < -0.39 is 11.9 Å². The molecule has 1 aromatic carbocycles. The molecule has 18 heavy (non-hydrogen) atoms. The van der Waals surface area contributed by atoms with E-state index in [2.05, 4.69) is 17.2 Å². The summed E-state index contributed by atoms with van der Waals surface area (Å²) in [6, 6.07) is 5.55. The number of carbonyl (C=O) groups excluding carboxylic acids is 2. The first-order chi connectivity index (χ1) is 8.63. The molecule has 0 aliphatic heterocycles. The summed E-state index contributed by atoms with van der Waals surface area (Å²) in [6.07, 6.45) is 1.50. The summed E-state index contributed by atoms with van der Waals surface area (Å²) in [7, 11) is 0. The Balaban J connectivity index is 2.35. The van der Waals surface area contributed by atoms with Crippen molar-refractivity contribution >= 4 is 23.7 Å². The van der Waals surface area contributed by atoms with Gasteiger partial charge in [0.25, 0.3) is 0 Å². The third-order valence-corrected chi connectivity index (χ3v) is 2.90. The SMILES string of the molecule is C=CCNC(=O)NC(=O)CSc1ccccc1F. The maximum absolute atomic E-state index is 13.2. The van der Waals surface area contributed by atoms with Gasteiger partial charge < -0.3 is 5.32 Å². The van der Waals surface area contributed by atoms with E-state index >= 15 is 0 Å². The highest BCUT2D eigenvalue weighted by Crippen LogP contribution is 2.20. The third kappa shape index (κ3) is 5.01. The molecule has 0 aromatic heterocycles. The van der Waals surface area contributed by atoms with Crippen molar-refractivity contribution in [3.63, 3.8) is 0 Å². The maximum atomic E-state index is 13.2. The largest absolute Gasteiger partial charge is 0.334 e. The van der Waals surface area contributed by atoms with Gasteiger partial charge in [0.05, 0.1) is 5.75 Å². The van der Waals surface area contributed by atoms with Crippen LogP contribution in [0.3, 0.4) is 0 Å². The number of amides is 3. The number of thioether (sulfide) groups is 1. The van der Waals surface area contributed by atoms with Crippen LogP contribution in [0.2, 0.25) is 0 Å². The second-order valence-corrected chi connectivity index (χ2v) is 4.28. The fourth-order valence-electron chi connectivity index (χ4n) is 1.08. The third-order valence-electron chi connectivity index (χ3n) is 1.86.